The Hall–Kier alpha value is -1.51. The second-order valence-corrected chi connectivity index (χ2v) is 8.41. The van der Waals surface area contributed by atoms with Crippen LogP contribution in [0.25, 0.3) is 5.57 Å². The van der Waals surface area contributed by atoms with Crippen LogP contribution in [0.2, 0.25) is 0 Å². The van der Waals surface area contributed by atoms with Crippen LogP contribution in [0.3, 0.4) is 0 Å². The van der Waals surface area contributed by atoms with Gasteiger partial charge in [0, 0.05) is 23.1 Å². The van der Waals surface area contributed by atoms with E-state index in [-0.39, 0.29) is 4.24 Å². The molecular weight excluding hydrogens is 362 g/mol. The number of thioether (sulfide) groups is 2. The van der Waals surface area contributed by atoms with E-state index >= 15 is 0 Å². The van der Waals surface area contributed by atoms with Gasteiger partial charge in [0.05, 0.1) is 0 Å². The van der Waals surface area contributed by atoms with Crippen molar-refractivity contribution in [1.29, 1.82) is 0 Å². The molecule has 5 nitrogen and oxygen atoms in total. The molecule has 0 fully saturated rings. The van der Waals surface area contributed by atoms with Crippen molar-refractivity contribution < 1.29 is 8.42 Å². The first-order valence-electron chi connectivity index (χ1n) is 7.09. The summed E-state index contributed by atoms with van der Waals surface area (Å²) in [6.45, 7) is 3.63. The number of benzene rings is 1. The van der Waals surface area contributed by atoms with Gasteiger partial charge in [0.2, 0.25) is 0 Å². The van der Waals surface area contributed by atoms with E-state index in [9.17, 15) is 8.42 Å². The van der Waals surface area contributed by atoms with Gasteiger partial charge in [0.25, 0.3) is 10.0 Å². The first-order chi connectivity index (χ1) is 11.4. The van der Waals surface area contributed by atoms with Crippen molar-refractivity contribution in [2.45, 2.75) is 19.0 Å². The van der Waals surface area contributed by atoms with Crippen molar-refractivity contribution in [2.24, 2.45) is 0 Å². The molecule has 1 aromatic heterocycles. The Balaban J connectivity index is 2.46. The number of rotatable bonds is 6. The summed E-state index contributed by atoms with van der Waals surface area (Å²) < 4.78 is 28.4. The molecule has 0 spiro atoms. The normalized spacial score (nSPS) is 12.7. The van der Waals surface area contributed by atoms with E-state index in [0.29, 0.717) is 16.4 Å². The number of para-hydroxylation sites is 1. The number of hydrogen-bond donors (Lipinski definition) is 1. The van der Waals surface area contributed by atoms with Gasteiger partial charge in [-0.15, -0.1) is 11.8 Å². The van der Waals surface area contributed by atoms with Crippen LogP contribution in [0.4, 0.5) is 5.69 Å². The van der Waals surface area contributed by atoms with Gasteiger partial charge in [-0.1, -0.05) is 30.0 Å². The minimum atomic E-state index is -3.67. The molecule has 0 unspecified atom stereocenters. The summed E-state index contributed by atoms with van der Waals surface area (Å²) in [4.78, 5) is 8.64. The third-order valence-corrected chi connectivity index (χ3v) is 7.00. The minimum absolute atomic E-state index is 0.259. The highest BCUT2D eigenvalue weighted by atomic mass is 32.3. The Morgan fingerprint density at radius 1 is 1.17 bits per heavy atom. The summed E-state index contributed by atoms with van der Waals surface area (Å²) in [5, 5.41) is 0.667. The van der Waals surface area contributed by atoms with Crippen molar-refractivity contribution in [3.8, 4) is 0 Å². The Labute approximate surface area is 151 Å². The molecule has 8 heteroatoms. The number of aryl methyl sites for hydroxylation is 1. The SMILES string of the molecule is CS/C(=C(\C)c1cnc(SC)nc1C)S(=O)(=O)Nc1ccccc1. The fraction of sp³-hybridized carbons (Fsp3) is 0.250. The summed E-state index contributed by atoms with van der Waals surface area (Å²) in [6, 6.07) is 8.83. The molecule has 0 saturated heterocycles. The Morgan fingerprint density at radius 2 is 1.83 bits per heavy atom. The van der Waals surface area contributed by atoms with E-state index in [1.807, 2.05) is 19.2 Å². The largest absolute Gasteiger partial charge is 0.279 e. The molecule has 0 aliphatic rings. The lowest BCUT2D eigenvalue weighted by molar-refractivity contribution is 0.609. The first kappa shape index (κ1) is 18.8. The van der Waals surface area contributed by atoms with Crippen molar-refractivity contribution in [2.75, 3.05) is 17.2 Å². The summed E-state index contributed by atoms with van der Waals surface area (Å²) in [5.41, 5.74) is 2.66. The first-order valence-corrected chi connectivity index (χ1v) is 11.0. The average Bonchev–Trinajstić information content (AvgIpc) is 2.55. The fourth-order valence-corrected chi connectivity index (χ4v) is 5.05. The summed E-state index contributed by atoms with van der Waals surface area (Å²) in [6.07, 6.45) is 5.33. The van der Waals surface area contributed by atoms with Crippen molar-refractivity contribution >= 4 is 44.8 Å². The highest BCUT2D eigenvalue weighted by Gasteiger charge is 2.22. The van der Waals surface area contributed by atoms with E-state index in [0.717, 1.165) is 11.3 Å². The van der Waals surface area contributed by atoms with E-state index < -0.39 is 10.0 Å². The van der Waals surface area contributed by atoms with Crippen LogP contribution in [-0.4, -0.2) is 30.9 Å². The van der Waals surface area contributed by atoms with E-state index in [4.69, 9.17) is 0 Å². The zero-order valence-electron chi connectivity index (χ0n) is 13.9. The molecule has 0 aliphatic heterocycles. The lowest BCUT2D eigenvalue weighted by Gasteiger charge is -2.14. The lowest BCUT2D eigenvalue weighted by Crippen LogP contribution is -2.14. The van der Waals surface area contributed by atoms with E-state index in [2.05, 4.69) is 14.7 Å². The van der Waals surface area contributed by atoms with Gasteiger partial charge in [0.15, 0.2) is 5.16 Å². The van der Waals surface area contributed by atoms with Crippen molar-refractivity contribution in [3.63, 3.8) is 0 Å². The Bertz CT molecular complexity index is 850. The van der Waals surface area contributed by atoms with Crippen molar-refractivity contribution in [1.82, 2.24) is 9.97 Å². The van der Waals surface area contributed by atoms with Crippen molar-refractivity contribution in [3.05, 3.63) is 52.0 Å². The molecule has 1 heterocycles. The van der Waals surface area contributed by atoms with Crippen LogP contribution in [0, 0.1) is 6.92 Å². The highest BCUT2D eigenvalue weighted by Crippen LogP contribution is 2.31. The Morgan fingerprint density at radius 3 is 2.38 bits per heavy atom. The highest BCUT2D eigenvalue weighted by molar-refractivity contribution is 8.19. The molecule has 0 aliphatic carbocycles. The van der Waals surface area contributed by atoms with Crippen LogP contribution >= 0.6 is 23.5 Å². The number of aromatic nitrogens is 2. The summed E-state index contributed by atoms with van der Waals surface area (Å²) >= 11 is 2.64. The molecule has 0 bridgehead atoms. The van der Waals surface area contributed by atoms with Gasteiger partial charge in [-0.3, -0.25) is 4.72 Å². The van der Waals surface area contributed by atoms with Crippen LogP contribution in [0.15, 0.2) is 45.9 Å². The van der Waals surface area contributed by atoms with Crippen LogP contribution in [0.5, 0.6) is 0 Å². The third kappa shape index (κ3) is 4.31. The topological polar surface area (TPSA) is 72.0 Å². The molecule has 0 atom stereocenters. The van der Waals surface area contributed by atoms with Gasteiger partial charge in [-0.25, -0.2) is 18.4 Å². The number of anilines is 1. The third-order valence-electron chi connectivity index (χ3n) is 3.31. The molecule has 0 radical (unpaired) electrons. The number of hydrogen-bond acceptors (Lipinski definition) is 6. The minimum Gasteiger partial charge on any atom is -0.279 e. The molecule has 24 heavy (non-hydrogen) atoms. The molecule has 2 aromatic rings. The zero-order chi connectivity index (χ0) is 17.7. The van der Waals surface area contributed by atoms with E-state index in [1.54, 1.807) is 43.6 Å². The second kappa shape index (κ2) is 8.04. The van der Waals surface area contributed by atoms with E-state index in [1.165, 1.54) is 23.5 Å². The molecule has 0 amide bonds. The smallest absolute Gasteiger partial charge is 0.268 e. The summed E-state index contributed by atoms with van der Waals surface area (Å²) in [7, 11) is -3.67. The van der Waals surface area contributed by atoms with Gasteiger partial charge >= 0.3 is 0 Å². The average molecular weight is 382 g/mol. The monoisotopic (exact) mass is 381 g/mol. The predicted octanol–water partition coefficient (Wildman–Crippen LogP) is 4.00. The summed E-state index contributed by atoms with van der Waals surface area (Å²) in [5.74, 6) is 0. The van der Waals surface area contributed by atoms with Crippen LogP contribution < -0.4 is 4.72 Å². The van der Waals surface area contributed by atoms with Crippen LogP contribution in [-0.2, 0) is 10.0 Å². The standard InChI is InChI=1S/C16H19N3O2S3/c1-11(14-10-17-16(23-4)18-12(14)2)15(22-3)24(20,21)19-13-8-6-5-7-9-13/h5-10,19H,1-4H3/b15-11-. The molecule has 1 N–H and O–H groups in total. The second-order valence-electron chi connectivity index (χ2n) is 4.94. The quantitative estimate of drug-likeness (QED) is 0.602. The number of nitrogens with one attached hydrogen (secondary N) is 1. The maximum absolute atomic E-state index is 12.7. The number of sulfonamides is 1. The maximum atomic E-state index is 12.7. The van der Waals surface area contributed by atoms with Gasteiger partial charge in [0.1, 0.15) is 4.24 Å². The molecule has 2 rings (SSSR count). The zero-order valence-corrected chi connectivity index (χ0v) is 16.3. The van der Waals surface area contributed by atoms with Gasteiger partial charge in [-0.2, -0.15) is 0 Å². The predicted molar refractivity (Wildman–Crippen MR) is 104 cm³/mol. The van der Waals surface area contributed by atoms with Crippen LogP contribution in [0.1, 0.15) is 18.2 Å². The molecule has 1 aromatic carbocycles. The maximum Gasteiger partial charge on any atom is 0.268 e. The lowest BCUT2D eigenvalue weighted by atomic mass is 10.1. The molecule has 128 valence electrons. The molecular formula is C16H19N3O2S3. The molecule has 0 saturated carbocycles. The van der Waals surface area contributed by atoms with Gasteiger partial charge < -0.3 is 0 Å². The Kier molecular flexibility index (Phi) is 6.31. The number of allylic oxidation sites excluding steroid dienone is 1. The number of nitrogens with zero attached hydrogens (tertiary/aromatic N) is 2. The van der Waals surface area contributed by atoms with Gasteiger partial charge in [-0.05, 0) is 44.1 Å². The fourth-order valence-electron chi connectivity index (χ4n) is 2.19.